The number of hydrogen-bond donors (Lipinski definition) is 1. The molecule has 1 aliphatic carbocycles. The highest BCUT2D eigenvalue weighted by Gasteiger charge is 2.29. The molecule has 0 unspecified atom stereocenters. The van der Waals surface area contributed by atoms with Crippen molar-refractivity contribution in [3.8, 4) is 5.75 Å². The van der Waals surface area contributed by atoms with Gasteiger partial charge in [0.25, 0.3) is 0 Å². The van der Waals surface area contributed by atoms with Crippen LogP contribution in [0.5, 0.6) is 5.75 Å². The molecule has 0 atom stereocenters. The number of nitrogens with zero attached hydrogens (tertiary/aromatic N) is 1. The Hall–Kier alpha value is -1.000. The van der Waals surface area contributed by atoms with Crippen LogP contribution < -0.4 is 4.74 Å². The van der Waals surface area contributed by atoms with Gasteiger partial charge >= 0.3 is 0 Å². The standard InChI is InChI=1S/C16H19NOS2/c1-11-3-2-4-13(9-11)18-8-7-15-17-16(12-5-6-12)14(10-19)20-15/h2-4,9,12,19H,5-8,10H2,1H3. The molecule has 1 aromatic carbocycles. The lowest BCUT2D eigenvalue weighted by Crippen LogP contribution is -2.01. The molecular formula is C16H19NOS2. The molecule has 0 amide bonds. The second kappa shape index (κ2) is 6.19. The van der Waals surface area contributed by atoms with Crippen molar-refractivity contribution >= 4 is 24.0 Å². The normalized spacial score (nSPS) is 14.5. The maximum absolute atomic E-state index is 5.80. The Kier molecular flexibility index (Phi) is 4.32. The molecule has 1 saturated carbocycles. The summed E-state index contributed by atoms with van der Waals surface area (Å²) >= 11 is 6.21. The van der Waals surface area contributed by atoms with Gasteiger partial charge in [-0.15, -0.1) is 11.3 Å². The Labute approximate surface area is 129 Å². The maximum Gasteiger partial charge on any atom is 0.119 e. The van der Waals surface area contributed by atoms with Gasteiger partial charge < -0.3 is 4.74 Å². The molecule has 2 nitrogen and oxygen atoms in total. The van der Waals surface area contributed by atoms with E-state index in [9.17, 15) is 0 Å². The zero-order chi connectivity index (χ0) is 13.9. The topological polar surface area (TPSA) is 22.1 Å². The van der Waals surface area contributed by atoms with E-state index in [4.69, 9.17) is 9.72 Å². The van der Waals surface area contributed by atoms with E-state index in [1.165, 1.54) is 34.0 Å². The third-order valence-electron chi connectivity index (χ3n) is 3.45. The van der Waals surface area contributed by atoms with Crippen LogP contribution >= 0.6 is 24.0 Å². The summed E-state index contributed by atoms with van der Waals surface area (Å²) in [5.41, 5.74) is 2.53. The number of rotatable bonds is 6. The molecule has 20 heavy (non-hydrogen) atoms. The molecule has 0 aliphatic heterocycles. The fourth-order valence-corrected chi connectivity index (χ4v) is 3.62. The van der Waals surface area contributed by atoms with Gasteiger partial charge in [-0.1, -0.05) is 12.1 Å². The number of aryl methyl sites for hydroxylation is 1. The van der Waals surface area contributed by atoms with Crippen LogP contribution in [0.2, 0.25) is 0 Å². The molecule has 1 aliphatic rings. The minimum atomic E-state index is 0.688. The molecule has 4 heteroatoms. The number of ether oxygens (including phenoxy) is 1. The Balaban J connectivity index is 1.58. The van der Waals surface area contributed by atoms with Crippen LogP contribution in [0.15, 0.2) is 24.3 Å². The van der Waals surface area contributed by atoms with E-state index in [0.717, 1.165) is 17.9 Å². The van der Waals surface area contributed by atoms with Crippen molar-refractivity contribution in [1.82, 2.24) is 4.98 Å². The van der Waals surface area contributed by atoms with E-state index in [1.54, 1.807) is 11.3 Å². The van der Waals surface area contributed by atoms with Crippen LogP contribution in [0.4, 0.5) is 0 Å². The largest absolute Gasteiger partial charge is 0.493 e. The molecule has 0 spiro atoms. The first-order valence-corrected chi connectivity index (χ1v) is 8.50. The summed E-state index contributed by atoms with van der Waals surface area (Å²) in [6.07, 6.45) is 3.47. The number of aromatic nitrogens is 1. The van der Waals surface area contributed by atoms with Gasteiger partial charge in [-0.2, -0.15) is 12.6 Å². The van der Waals surface area contributed by atoms with Crippen LogP contribution in [-0.4, -0.2) is 11.6 Å². The highest BCUT2D eigenvalue weighted by molar-refractivity contribution is 7.79. The number of thiol groups is 1. The highest BCUT2D eigenvalue weighted by atomic mass is 32.1. The van der Waals surface area contributed by atoms with Gasteiger partial charge in [0, 0.05) is 23.0 Å². The summed E-state index contributed by atoms with van der Waals surface area (Å²) in [5.74, 6) is 2.46. The predicted molar refractivity (Wildman–Crippen MR) is 87.2 cm³/mol. The van der Waals surface area contributed by atoms with Crippen molar-refractivity contribution in [2.75, 3.05) is 6.61 Å². The van der Waals surface area contributed by atoms with Gasteiger partial charge in [0.2, 0.25) is 0 Å². The zero-order valence-electron chi connectivity index (χ0n) is 11.6. The summed E-state index contributed by atoms with van der Waals surface area (Å²) < 4.78 is 5.80. The van der Waals surface area contributed by atoms with E-state index in [0.29, 0.717) is 12.5 Å². The van der Waals surface area contributed by atoms with Crippen molar-refractivity contribution in [1.29, 1.82) is 0 Å². The maximum atomic E-state index is 5.80. The number of benzene rings is 1. The first-order chi connectivity index (χ1) is 9.76. The SMILES string of the molecule is Cc1cccc(OCCc2nc(C3CC3)c(CS)s2)c1. The van der Waals surface area contributed by atoms with E-state index in [2.05, 4.69) is 31.7 Å². The minimum Gasteiger partial charge on any atom is -0.493 e. The quantitative estimate of drug-likeness (QED) is 0.800. The van der Waals surface area contributed by atoms with E-state index in [1.807, 2.05) is 12.1 Å². The van der Waals surface area contributed by atoms with Crippen LogP contribution in [0, 0.1) is 6.92 Å². The molecular weight excluding hydrogens is 286 g/mol. The number of thiazole rings is 1. The van der Waals surface area contributed by atoms with Crippen molar-refractivity contribution in [2.45, 2.75) is 37.9 Å². The zero-order valence-corrected chi connectivity index (χ0v) is 13.3. The molecule has 1 aromatic heterocycles. The van der Waals surface area contributed by atoms with Crippen LogP contribution in [0.1, 0.15) is 39.9 Å². The van der Waals surface area contributed by atoms with Gasteiger partial charge in [0.15, 0.2) is 0 Å². The van der Waals surface area contributed by atoms with Crippen molar-refractivity contribution < 1.29 is 4.74 Å². The van der Waals surface area contributed by atoms with E-state index in [-0.39, 0.29) is 0 Å². The van der Waals surface area contributed by atoms with Crippen molar-refractivity contribution in [3.05, 3.63) is 45.4 Å². The summed E-state index contributed by atoms with van der Waals surface area (Å²) in [7, 11) is 0. The second-order valence-corrected chi connectivity index (χ2v) is 6.75. The first-order valence-electron chi connectivity index (χ1n) is 7.05. The lowest BCUT2D eigenvalue weighted by molar-refractivity contribution is 0.321. The Morgan fingerprint density at radius 2 is 2.25 bits per heavy atom. The molecule has 0 bridgehead atoms. The average molecular weight is 305 g/mol. The molecule has 3 rings (SSSR count). The lowest BCUT2D eigenvalue weighted by Gasteiger charge is -2.05. The van der Waals surface area contributed by atoms with Crippen LogP contribution in [0.3, 0.4) is 0 Å². The minimum absolute atomic E-state index is 0.688. The summed E-state index contributed by atoms with van der Waals surface area (Å²) in [4.78, 5) is 6.13. The fraction of sp³-hybridized carbons (Fsp3) is 0.438. The number of hydrogen-bond acceptors (Lipinski definition) is 4. The Morgan fingerprint density at radius 1 is 1.40 bits per heavy atom. The van der Waals surface area contributed by atoms with Crippen molar-refractivity contribution in [3.63, 3.8) is 0 Å². The fourth-order valence-electron chi connectivity index (χ4n) is 2.27. The summed E-state index contributed by atoms with van der Waals surface area (Å²) in [5, 5.41) is 1.18. The monoisotopic (exact) mass is 305 g/mol. The van der Waals surface area contributed by atoms with Gasteiger partial charge in [0.1, 0.15) is 5.75 Å². The molecule has 2 aromatic rings. The molecule has 1 heterocycles. The summed E-state index contributed by atoms with van der Waals surface area (Å²) in [6, 6.07) is 8.17. The molecule has 106 valence electrons. The van der Waals surface area contributed by atoms with Gasteiger partial charge in [0.05, 0.1) is 17.3 Å². The first kappa shape index (κ1) is 14.0. The van der Waals surface area contributed by atoms with E-state index >= 15 is 0 Å². The molecule has 0 saturated heterocycles. The molecule has 0 radical (unpaired) electrons. The summed E-state index contributed by atoms with van der Waals surface area (Å²) in [6.45, 7) is 2.77. The third-order valence-corrected chi connectivity index (χ3v) is 5.11. The predicted octanol–water partition coefficient (Wildman–Crippen LogP) is 4.38. The third kappa shape index (κ3) is 3.36. The highest BCUT2D eigenvalue weighted by Crippen LogP contribution is 2.43. The Morgan fingerprint density at radius 3 is 2.95 bits per heavy atom. The molecule has 0 N–H and O–H groups in total. The van der Waals surface area contributed by atoms with Gasteiger partial charge in [-0.3, -0.25) is 0 Å². The Bertz CT molecular complexity index is 590. The smallest absolute Gasteiger partial charge is 0.119 e. The molecule has 1 fully saturated rings. The van der Waals surface area contributed by atoms with Gasteiger partial charge in [-0.05, 0) is 37.5 Å². The van der Waals surface area contributed by atoms with E-state index < -0.39 is 0 Å². The second-order valence-electron chi connectivity index (χ2n) is 5.26. The van der Waals surface area contributed by atoms with Crippen LogP contribution in [-0.2, 0) is 12.2 Å². The van der Waals surface area contributed by atoms with Crippen molar-refractivity contribution in [2.24, 2.45) is 0 Å². The lowest BCUT2D eigenvalue weighted by atomic mass is 10.2. The average Bonchev–Trinajstić information content (AvgIpc) is 3.20. The van der Waals surface area contributed by atoms with Crippen LogP contribution in [0.25, 0.3) is 0 Å². The van der Waals surface area contributed by atoms with Gasteiger partial charge in [-0.25, -0.2) is 4.98 Å².